The van der Waals surface area contributed by atoms with Gasteiger partial charge in [-0.3, -0.25) is 9.59 Å². The molecule has 146 valence electrons. The number of nitrogens with zero attached hydrogens (tertiary/aromatic N) is 2. The molecule has 0 bridgehead atoms. The monoisotopic (exact) mass is 414 g/mol. The number of hydrogen-bond donors (Lipinski definition) is 0. The lowest BCUT2D eigenvalue weighted by Gasteiger charge is -2.44. The third kappa shape index (κ3) is 3.53. The maximum Gasteiger partial charge on any atom is 0.255 e. The van der Waals surface area contributed by atoms with E-state index in [9.17, 15) is 9.59 Å². The van der Waals surface area contributed by atoms with Crippen LogP contribution < -0.4 is 0 Å². The Bertz CT molecular complexity index is 909. The molecular weight excluding hydrogens is 392 g/mol. The lowest BCUT2D eigenvalue weighted by atomic mass is 9.99. The fraction of sp³-hybridized carbons (Fsp3) is 0.364. The maximum absolute atomic E-state index is 13.2. The predicted molar refractivity (Wildman–Crippen MR) is 114 cm³/mol. The van der Waals surface area contributed by atoms with Gasteiger partial charge in [-0.1, -0.05) is 35.9 Å². The highest BCUT2D eigenvalue weighted by atomic mass is 35.5. The number of aryl methyl sites for hydroxylation is 1. The minimum atomic E-state index is -0.204. The number of hydrogen-bond acceptors (Lipinski definition) is 3. The van der Waals surface area contributed by atoms with Crippen molar-refractivity contribution in [1.29, 1.82) is 0 Å². The summed E-state index contributed by atoms with van der Waals surface area (Å²) >= 11 is 7.89. The Morgan fingerprint density at radius 1 is 1.00 bits per heavy atom. The first-order valence-electron chi connectivity index (χ1n) is 9.57. The van der Waals surface area contributed by atoms with E-state index >= 15 is 0 Å². The molecule has 2 aliphatic rings. The molecule has 2 amide bonds. The molecule has 0 atom stereocenters. The smallest absolute Gasteiger partial charge is 0.255 e. The van der Waals surface area contributed by atoms with Gasteiger partial charge in [-0.2, -0.15) is 0 Å². The van der Waals surface area contributed by atoms with Crippen molar-refractivity contribution >= 4 is 35.2 Å². The number of rotatable bonds is 2. The van der Waals surface area contributed by atoms with Gasteiger partial charge in [-0.25, -0.2) is 0 Å². The van der Waals surface area contributed by atoms with Crippen LogP contribution in [-0.4, -0.2) is 51.9 Å². The van der Waals surface area contributed by atoms with Crippen molar-refractivity contribution in [3.05, 3.63) is 70.2 Å². The zero-order valence-electron chi connectivity index (χ0n) is 15.9. The zero-order chi connectivity index (χ0) is 19.7. The molecule has 2 heterocycles. The van der Waals surface area contributed by atoms with Gasteiger partial charge < -0.3 is 9.80 Å². The Labute approximate surface area is 174 Å². The average molecular weight is 415 g/mol. The van der Waals surface area contributed by atoms with Crippen LogP contribution in [0.1, 0.15) is 39.1 Å². The maximum atomic E-state index is 13.2. The van der Waals surface area contributed by atoms with Crippen LogP contribution in [0.4, 0.5) is 0 Å². The number of carbonyl (C=O) groups excluding carboxylic acids is 2. The third-order valence-electron chi connectivity index (χ3n) is 5.70. The summed E-state index contributed by atoms with van der Waals surface area (Å²) in [5.74, 6) is 1.06. The minimum Gasteiger partial charge on any atom is -0.338 e. The lowest BCUT2D eigenvalue weighted by Crippen LogP contribution is -2.53. The summed E-state index contributed by atoms with van der Waals surface area (Å²) in [5, 5.41) is 0.570. The van der Waals surface area contributed by atoms with Crippen LogP contribution in [0.25, 0.3) is 0 Å². The quantitative estimate of drug-likeness (QED) is 0.727. The van der Waals surface area contributed by atoms with E-state index in [1.165, 1.54) is 0 Å². The van der Waals surface area contributed by atoms with Gasteiger partial charge in [-0.05, 0) is 49.6 Å². The second kappa shape index (κ2) is 7.80. The molecule has 28 heavy (non-hydrogen) atoms. The molecule has 4 nitrogen and oxygen atoms in total. The van der Waals surface area contributed by atoms with Crippen LogP contribution in [-0.2, 0) is 0 Å². The summed E-state index contributed by atoms with van der Waals surface area (Å²) < 4.78 is 0. The first-order valence-corrected chi connectivity index (χ1v) is 10.9. The number of benzene rings is 2. The number of amides is 2. The molecule has 0 unspecified atom stereocenters. The molecule has 0 aliphatic carbocycles. The van der Waals surface area contributed by atoms with Gasteiger partial charge in [0.15, 0.2) is 0 Å². The van der Waals surface area contributed by atoms with Crippen molar-refractivity contribution in [2.45, 2.75) is 24.6 Å². The summed E-state index contributed by atoms with van der Waals surface area (Å²) in [6.45, 7) is 4.04. The van der Waals surface area contributed by atoms with Gasteiger partial charge in [0.05, 0.1) is 4.87 Å². The number of thioether (sulfide) groups is 1. The van der Waals surface area contributed by atoms with Gasteiger partial charge >= 0.3 is 0 Å². The van der Waals surface area contributed by atoms with Crippen LogP contribution in [0.2, 0.25) is 5.02 Å². The summed E-state index contributed by atoms with van der Waals surface area (Å²) in [7, 11) is 0. The van der Waals surface area contributed by atoms with Gasteiger partial charge in [0.1, 0.15) is 0 Å². The Morgan fingerprint density at radius 2 is 1.75 bits per heavy atom. The van der Waals surface area contributed by atoms with E-state index in [1.807, 2.05) is 52.8 Å². The number of halogens is 1. The highest BCUT2D eigenvalue weighted by molar-refractivity contribution is 8.00. The first-order chi connectivity index (χ1) is 13.5. The van der Waals surface area contributed by atoms with E-state index in [0.717, 1.165) is 36.3 Å². The summed E-state index contributed by atoms with van der Waals surface area (Å²) in [6, 6.07) is 14.9. The molecule has 6 heteroatoms. The van der Waals surface area contributed by atoms with E-state index in [2.05, 4.69) is 0 Å². The van der Waals surface area contributed by atoms with E-state index in [4.69, 9.17) is 11.6 Å². The molecule has 0 saturated carbocycles. The van der Waals surface area contributed by atoms with E-state index < -0.39 is 0 Å². The van der Waals surface area contributed by atoms with Crippen molar-refractivity contribution in [3.8, 4) is 0 Å². The summed E-state index contributed by atoms with van der Waals surface area (Å²) in [6.07, 6.45) is 1.59. The van der Waals surface area contributed by atoms with Gasteiger partial charge in [0.25, 0.3) is 11.8 Å². The summed E-state index contributed by atoms with van der Waals surface area (Å²) in [5.41, 5.74) is 2.41. The normalized spacial score (nSPS) is 18.5. The van der Waals surface area contributed by atoms with Crippen molar-refractivity contribution in [2.75, 3.05) is 25.4 Å². The molecule has 2 aliphatic heterocycles. The Kier molecular flexibility index (Phi) is 5.39. The van der Waals surface area contributed by atoms with Gasteiger partial charge in [0, 0.05) is 41.5 Å². The zero-order valence-corrected chi connectivity index (χ0v) is 17.4. The molecule has 4 rings (SSSR count). The van der Waals surface area contributed by atoms with Crippen molar-refractivity contribution < 1.29 is 9.59 Å². The molecule has 2 fully saturated rings. The lowest BCUT2D eigenvalue weighted by molar-refractivity contribution is 0.0497. The predicted octanol–water partition coefficient (Wildman–Crippen LogP) is 4.47. The number of piperidine rings is 1. The average Bonchev–Trinajstić information content (AvgIpc) is 3.11. The molecule has 2 aromatic carbocycles. The van der Waals surface area contributed by atoms with Gasteiger partial charge in [0.2, 0.25) is 0 Å². The molecule has 2 saturated heterocycles. The highest BCUT2D eigenvalue weighted by Crippen LogP contribution is 2.44. The Balaban J connectivity index is 1.49. The van der Waals surface area contributed by atoms with E-state index in [-0.39, 0.29) is 16.7 Å². The molecule has 1 spiro atoms. The van der Waals surface area contributed by atoms with Crippen LogP contribution >= 0.6 is 23.4 Å². The largest absolute Gasteiger partial charge is 0.338 e. The van der Waals surface area contributed by atoms with E-state index in [0.29, 0.717) is 23.7 Å². The van der Waals surface area contributed by atoms with Crippen LogP contribution in [0.15, 0.2) is 48.5 Å². The second-order valence-electron chi connectivity index (χ2n) is 7.37. The molecule has 0 N–H and O–H groups in total. The van der Waals surface area contributed by atoms with Crippen molar-refractivity contribution in [3.63, 3.8) is 0 Å². The van der Waals surface area contributed by atoms with Crippen molar-refractivity contribution in [2.24, 2.45) is 0 Å². The van der Waals surface area contributed by atoms with Crippen molar-refractivity contribution in [1.82, 2.24) is 9.80 Å². The molecule has 0 radical (unpaired) electrons. The number of carbonyl (C=O) groups is 2. The van der Waals surface area contributed by atoms with Crippen LogP contribution in [0.5, 0.6) is 0 Å². The third-order valence-corrected chi connectivity index (χ3v) is 7.49. The fourth-order valence-electron chi connectivity index (χ4n) is 4.13. The van der Waals surface area contributed by atoms with Crippen LogP contribution in [0.3, 0.4) is 0 Å². The van der Waals surface area contributed by atoms with Gasteiger partial charge in [-0.15, -0.1) is 11.8 Å². The topological polar surface area (TPSA) is 40.6 Å². The minimum absolute atomic E-state index is 0.0112. The fourth-order valence-corrected chi connectivity index (χ4v) is 5.78. The molecule has 0 aromatic heterocycles. The first kappa shape index (κ1) is 19.3. The highest BCUT2D eigenvalue weighted by Gasteiger charge is 2.47. The van der Waals surface area contributed by atoms with Crippen LogP contribution in [0, 0.1) is 6.92 Å². The SMILES string of the molecule is Cc1ccccc1C(=O)N1CCSC12CCN(C(=O)c1cccc(Cl)c1)CC2. The number of likely N-dealkylation sites (tertiary alicyclic amines) is 1. The standard InChI is InChI=1S/C22H23ClN2O2S/c1-16-5-2-3-8-19(16)21(27)25-13-14-28-22(25)9-11-24(12-10-22)20(26)17-6-4-7-18(23)15-17/h2-8,15H,9-14H2,1H3. The molecule has 2 aromatic rings. The second-order valence-corrected chi connectivity index (χ2v) is 9.26. The molecular formula is C22H23ClN2O2S. The van der Waals surface area contributed by atoms with E-state index in [1.54, 1.807) is 24.3 Å². The summed E-state index contributed by atoms with van der Waals surface area (Å²) in [4.78, 5) is 29.8. The Morgan fingerprint density at radius 3 is 2.46 bits per heavy atom. The Hall–Kier alpha value is -1.98.